The molecule has 16 bridgehead atoms. The summed E-state index contributed by atoms with van der Waals surface area (Å²) in [5.41, 5.74) is 8.62. The van der Waals surface area contributed by atoms with Gasteiger partial charge in [0.25, 0.3) is 0 Å². The minimum atomic E-state index is -3.03. The summed E-state index contributed by atoms with van der Waals surface area (Å²) in [5.74, 6) is 13.3. The normalized spacial score (nSPS) is 33.0. The van der Waals surface area contributed by atoms with Crippen molar-refractivity contribution < 1.29 is 39.6 Å². The molecule has 0 spiro atoms. The van der Waals surface area contributed by atoms with Crippen LogP contribution in [-0.4, -0.2) is 211 Å². The van der Waals surface area contributed by atoms with E-state index in [9.17, 15) is 39.6 Å². The SMILES string of the molecule is CC(C)(C)C(=O)N1CC2CS(=O)(=O)CC(C1)[S+]2c1ccc(C(C)(C)C)cc1.CC(C)(C)C(=O)N1CC2CS(=O)CC(C1)[S+]2c1ccc(C(C)(C)C)cc1.CC(C)(C)c1ccc([S+]2C3CC4CC(C3)C(=O)C2C4)cc1.CC(C)(C)c1ccc([S+]2C3CC4CC(C3)CC2C4)cc1.CC(C)(C)c1ccc([S+]2C3CSCC2CS(=O)(=O)C3)cc1.CC(C)(C)c1ccc([S+]2C3CSCC2CS(=O)C3)cc1. The molecule has 0 radical (unpaired) electrons. The number of benzene rings is 6. The molecule has 6 aromatic rings. The smallest absolute Gasteiger partial charge is 0.228 e. The van der Waals surface area contributed by atoms with E-state index < -0.39 is 46.7 Å². The monoisotopic (exact) mass is 2060 g/mol. The Kier molecular flexibility index (Phi) is 32.6. The summed E-state index contributed by atoms with van der Waals surface area (Å²) >= 11 is 4.00. The van der Waals surface area contributed by atoms with Gasteiger partial charge < -0.3 is 9.80 Å². The van der Waals surface area contributed by atoms with Crippen molar-refractivity contribution in [2.45, 2.75) is 349 Å². The molecule has 2 amide bonds. The van der Waals surface area contributed by atoms with E-state index in [1.165, 1.54) is 121 Å². The number of nitrogens with zero attached hydrogens (tertiary/aromatic N) is 2. The van der Waals surface area contributed by atoms with E-state index in [1.807, 2.05) is 63.1 Å². The Balaban J connectivity index is 0.000000124. The van der Waals surface area contributed by atoms with Gasteiger partial charge in [0.15, 0.2) is 81.1 Å². The molecule has 0 aromatic heterocycles. The lowest BCUT2D eigenvalue weighted by molar-refractivity contribution is -0.140. The number of fused-ring (bicyclic) bond motifs is 8. The third-order valence-corrected chi connectivity index (χ3v) is 59.7. The average Bonchev–Trinajstić information content (AvgIpc) is 0.743. The number of hydrogen-bond donors (Lipinski definition) is 0. The van der Waals surface area contributed by atoms with Crippen molar-refractivity contribution in [2.75, 3.05) is 95.2 Å². The lowest BCUT2D eigenvalue weighted by Gasteiger charge is -2.48. The molecule has 740 valence electrons. The van der Waals surface area contributed by atoms with Gasteiger partial charge >= 0.3 is 0 Å². The molecule has 4 aliphatic carbocycles. The maximum atomic E-state index is 12.8. The molecule has 12 aliphatic heterocycles. The van der Waals surface area contributed by atoms with Crippen LogP contribution in [0, 0.1) is 34.5 Å². The molecule has 13 unspecified atom stereocenters. The average molecular weight is 2070 g/mol. The van der Waals surface area contributed by atoms with Gasteiger partial charge in [-0.3, -0.25) is 22.8 Å². The topological polar surface area (TPSA) is 160 Å². The predicted octanol–water partition coefficient (Wildman–Crippen LogP) is 21.5. The van der Waals surface area contributed by atoms with Crippen LogP contribution in [0.25, 0.3) is 0 Å². The van der Waals surface area contributed by atoms with E-state index in [4.69, 9.17) is 0 Å². The van der Waals surface area contributed by atoms with Crippen LogP contribution in [-0.2, 0) is 154 Å². The molecule has 16 fully saturated rings. The molecule has 16 aliphatic rings. The van der Waals surface area contributed by atoms with Crippen molar-refractivity contribution in [3.63, 3.8) is 0 Å². The zero-order chi connectivity index (χ0) is 97.7. The van der Waals surface area contributed by atoms with Crippen molar-refractivity contribution in [3.8, 4) is 0 Å². The van der Waals surface area contributed by atoms with Crippen molar-refractivity contribution in [3.05, 3.63) is 179 Å². The number of carbonyl (C=O) groups is 3. The minimum Gasteiger partial charge on any atom is -0.332 e. The predicted molar refractivity (Wildman–Crippen MR) is 590 cm³/mol. The van der Waals surface area contributed by atoms with Crippen LogP contribution in [0.1, 0.15) is 257 Å². The van der Waals surface area contributed by atoms with E-state index in [1.54, 1.807) is 11.3 Å². The highest BCUT2D eigenvalue weighted by molar-refractivity contribution is 8.08. The summed E-state index contributed by atoms with van der Waals surface area (Å²) in [4.78, 5) is 50.7. The van der Waals surface area contributed by atoms with E-state index in [-0.39, 0.29) is 115 Å². The van der Waals surface area contributed by atoms with Crippen molar-refractivity contribution in [1.29, 1.82) is 0 Å². The highest BCUT2D eigenvalue weighted by atomic mass is 32.2. The van der Waals surface area contributed by atoms with Crippen molar-refractivity contribution >= 4 is 148 Å². The Bertz CT molecular complexity index is 5330. The Hall–Kier alpha value is -3.07. The van der Waals surface area contributed by atoms with Crippen molar-refractivity contribution in [1.82, 2.24) is 9.80 Å². The number of Topliss-reactive ketones (excluding diaryl/α,β-unsaturated/α-hetero) is 1. The van der Waals surface area contributed by atoms with Gasteiger partial charge in [-0.2, -0.15) is 23.5 Å². The molecule has 6 aromatic carbocycles. The van der Waals surface area contributed by atoms with Crippen LogP contribution >= 0.6 is 23.5 Å². The second-order valence-electron chi connectivity index (χ2n) is 49.7. The van der Waals surface area contributed by atoms with Crippen LogP contribution in [0.5, 0.6) is 0 Å². The fourth-order valence-corrected chi connectivity index (χ4v) is 59.4. The summed E-state index contributed by atoms with van der Waals surface area (Å²) < 4.78 is 73.1. The molecular formula is C112H162N2O9S12+6. The highest BCUT2D eigenvalue weighted by Crippen LogP contribution is 2.56. The van der Waals surface area contributed by atoms with Gasteiger partial charge in [-0.15, -0.1) is 0 Å². The van der Waals surface area contributed by atoms with Crippen LogP contribution in [0.15, 0.2) is 175 Å². The van der Waals surface area contributed by atoms with Gasteiger partial charge in [0.2, 0.25) is 11.8 Å². The summed E-state index contributed by atoms with van der Waals surface area (Å²) in [6.07, 6.45) is 12.7. The first kappa shape index (κ1) is 106. The largest absolute Gasteiger partial charge is 0.332 e. The fourth-order valence-electron chi connectivity index (χ4n) is 23.5. The van der Waals surface area contributed by atoms with Crippen LogP contribution in [0.2, 0.25) is 0 Å². The van der Waals surface area contributed by atoms with Gasteiger partial charge in [0.1, 0.15) is 48.3 Å². The first-order valence-electron chi connectivity index (χ1n) is 50.2. The van der Waals surface area contributed by atoms with E-state index in [0.717, 1.165) is 81.1 Å². The summed E-state index contributed by atoms with van der Waals surface area (Å²) in [6.45, 7) is 54.9. The Morgan fingerprint density at radius 2 is 0.519 bits per heavy atom. The first-order chi connectivity index (χ1) is 62.9. The van der Waals surface area contributed by atoms with Gasteiger partial charge in [0, 0.05) is 140 Å². The minimum absolute atomic E-state index is 0.00860. The van der Waals surface area contributed by atoms with Crippen LogP contribution in [0.3, 0.4) is 0 Å². The van der Waals surface area contributed by atoms with E-state index in [2.05, 4.69) is 282 Å². The second-order valence-corrected chi connectivity index (χ2v) is 74.5. The maximum Gasteiger partial charge on any atom is 0.228 e. The molecule has 23 heteroatoms. The van der Waals surface area contributed by atoms with Crippen LogP contribution in [0.4, 0.5) is 0 Å². The molecule has 135 heavy (non-hydrogen) atoms. The number of hydrogen-bond acceptors (Lipinski definition) is 11. The number of thioether (sulfide) groups is 2. The molecule has 22 rings (SSSR count). The molecule has 0 N–H and O–H groups in total. The quantitative estimate of drug-likeness (QED) is 0.146. The summed E-state index contributed by atoms with van der Waals surface area (Å²) in [7, 11) is -5.99. The van der Waals surface area contributed by atoms with Gasteiger partial charge in [-0.1, -0.05) is 239 Å². The zero-order valence-corrected chi connectivity index (χ0v) is 95.5. The number of amides is 2. The Morgan fingerprint density at radius 1 is 0.289 bits per heavy atom. The molecule has 4 saturated carbocycles. The highest BCUT2D eigenvalue weighted by Gasteiger charge is 2.63. The molecular weight excluding hydrogens is 1900 g/mol. The second kappa shape index (κ2) is 41.4. The summed E-state index contributed by atoms with van der Waals surface area (Å²) in [6, 6.07) is 55.0. The van der Waals surface area contributed by atoms with Gasteiger partial charge in [0.05, 0.1) is 60.7 Å². The van der Waals surface area contributed by atoms with Gasteiger partial charge in [-0.25, -0.2) is 16.8 Å². The third-order valence-electron chi connectivity index (χ3n) is 30.3. The third kappa shape index (κ3) is 25.4. The lowest BCUT2D eigenvalue weighted by Crippen LogP contribution is -2.62. The molecule has 12 heterocycles. The number of carbonyl (C=O) groups excluding carboxylic acids is 3. The zero-order valence-electron chi connectivity index (χ0n) is 85.7. The van der Waals surface area contributed by atoms with E-state index in [0.29, 0.717) is 94.8 Å². The van der Waals surface area contributed by atoms with Crippen molar-refractivity contribution in [2.24, 2.45) is 34.5 Å². The molecule has 13 atom stereocenters. The van der Waals surface area contributed by atoms with Gasteiger partial charge in [-0.05, 0) is 201 Å². The molecule has 12 saturated heterocycles. The van der Waals surface area contributed by atoms with Crippen LogP contribution < -0.4 is 0 Å². The maximum absolute atomic E-state index is 12.8. The number of rotatable bonds is 6. The number of sulfone groups is 2. The Labute approximate surface area is 846 Å². The molecule has 11 nitrogen and oxygen atoms in total. The number of ketones is 1. The Morgan fingerprint density at radius 3 is 0.815 bits per heavy atom. The lowest BCUT2D eigenvalue weighted by atomic mass is 9.70. The summed E-state index contributed by atoms with van der Waals surface area (Å²) in [5, 5.41) is 5.85. The standard InChI is InChI=1S/C21H32NO3S2.C21H32NO2S2.C19H25OS.C19H27S.C16H23O2S3.C16H23OS3/c1-20(2,3)15-7-9-16(10-8-15)26-17-11-22(19(23)21(4,5)6)12-18(26)14-27(24,25)13-17;1-20(2,3)15-7-9-16(10-8-15)26-17-11-22(19(23)21(4,5)6)12-18(26)14-25(24)13-17;1-19(2,3)14-4-6-15(7-5-14)21-16-9-12-8-13(11-16)18(20)17(21)10-12;1-19(2,3)15-4-6-16(7-5-15)20-17-9-13-8-14(11-17)12-18(20)10-13;1-16(2,3)12-4-6-13(7-5-12)20-14-8-19-9-15(20)11-21(17,18)10-14;1-16(2,3)12-4-6-13(7-5-12)20-14-8-18-9-15(20)11-19(17)10-14/h7-10,17-18H,11-14H2,1-6H3;7-10,17-18H,11-14H2,1-6H3;4-7,12-13,16-17H,8-11H2,1-3H3;4-7,13-14,17-18H,8-12H2,1-3H3;4-7,14-15H,8-11H2,1-3H3;4-7,14-15H,8-11H2,1-3H3/q6*+1. The fraction of sp³-hybridized carbons (Fsp3) is 0.652. The van der Waals surface area contributed by atoms with E-state index >= 15 is 0 Å². The first-order valence-corrected chi connectivity index (χ1v) is 67.3.